The van der Waals surface area contributed by atoms with Gasteiger partial charge in [0.2, 0.25) is 11.8 Å². The van der Waals surface area contributed by atoms with Crippen LogP contribution >= 0.6 is 0 Å². The van der Waals surface area contributed by atoms with E-state index in [4.69, 9.17) is 0 Å². The minimum Gasteiger partial charge on any atom is -0.378 e. The zero-order chi connectivity index (χ0) is 17.2. The summed E-state index contributed by atoms with van der Waals surface area (Å²) < 4.78 is 0. The molecular formula is C19H21N3O2. The molecule has 0 bridgehead atoms. The fraction of sp³-hybridized carbons (Fsp3) is 0.263. The number of hydrogen-bond acceptors (Lipinski definition) is 3. The first-order valence-electron chi connectivity index (χ1n) is 7.97. The lowest BCUT2D eigenvalue weighted by atomic mass is 10.0. The van der Waals surface area contributed by atoms with Crippen molar-refractivity contribution in [2.75, 3.05) is 29.6 Å². The van der Waals surface area contributed by atoms with Gasteiger partial charge in [-0.3, -0.25) is 9.59 Å². The fourth-order valence-corrected chi connectivity index (χ4v) is 2.55. The second-order valence-electron chi connectivity index (χ2n) is 6.30. The number of rotatable bonds is 5. The summed E-state index contributed by atoms with van der Waals surface area (Å²) in [7, 11) is 3.92. The Labute approximate surface area is 141 Å². The quantitative estimate of drug-likeness (QED) is 0.831. The maximum absolute atomic E-state index is 12.6. The largest absolute Gasteiger partial charge is 0.378 e. The average molecular weight is 323 g/mol. The third-order valence-electron chi connectivity index (χ3n) is 4.29. The first-order chi connectivity index (χ1) is 11.5. The molecule has 2 aromatic carbocycles. The Bertz CT molecular complexity index is 735. The minimum absolute atomic E-state index is 0.240. The van der Waals surface area contributed by atoms with Gasteiger partial charge in [0.1, 0.15) is 5.41 Å². The van der Waals surface area contributed by atoms with Crippen LogP contribution in [0.25, 0.3) is 0 Å². The van der Waals surface area contributed by atoms with Gasteiger partial charge < -0.3 is 15.5 Å². The Morgan fingerprint density at radius 1 is 0.833 bits per heavy atom. The van der Waals surface area contributed by atoms with E-state index < -0.39 is 5.41 Å². The molecule has 24 heavy (non-hydrogen) atoms. The molecular weight excluding hydrogens is 302 g/mol. The van der Waals surface area contributed by atoms with Crippen molar-refractivity contribution in [3.05, 3.63) is 54.6 Å². The van der Waals surface area contributed by atoms with E-state index in [1.165, 1.54) is 0 Å². The third kappa shape index (κ3) is 3.25. The first-order valence-corrected chi connectivity index (χ1v) is 7.97. The van der Waals surface area contributed by atoms with Crippen molar-refractivity contribution < 1.29 is 9.59 Å². The summed E-state index contributed by atoms with van der Waals surface area (Å²) in [5.41, 5.74) is 1.51. The first kappa shape index (κ1) is 16.1. The van der Waals surface area contributed by atoms with Crippen molar-refractivity contribution in [2.45, 2.75) is 12.8 Å². The van der Waals surface area contributed by atoms with Crippen LogP contribution in [-0.4, -0.2) is 25.9 Å². The van der Waals surface area contributed by atoms with E-state index in [1.807, 2.05) is 73.6 Å². The summed E-state index contributed by atoms with van der Waals surface area (Å²) >= 11 is 0. The van der Waals surface area contributed by atoms with Crippen molar-refractivity contribution in [3.63, 3.8) is 0 Å². The number of carbonyl (C=O) groups is 2. The minimum atomic E-state index is -0.948. The van der Waals surface area contributed by atoms with E-state index >= 15 is 0 Å². The van der Waals surface area contributed by atoms with Crippen LogP contribution in [-0.2, 0) is 9.59 Å². The SMILES string of the molecule is CN(C)c1ccc(NC(=O)C2(C(=O)Nc3ccccc3)CC2)cc1. The number of nitrogens with one attached hydrogen (secondary N) is 2. The Kier molecular flexibility index (Phi) is 4.25. The van der Waals surface area contributed by atoms with Crippen molar-refractivity contribution in [2.24, 2.45) is 5.41 Å². The Morgan fingerprint density at radius 3 is 1.79 bits per heavy atom. The van der Waals surface area contributed by atoms with Gasteiger partial charge in [0.25, 0.3) is 0 Å². The number of para-hydroxylation sites is 1. The molecule has 3 rings (SSSR count). The summed E-state index contributed by atoms with van der Waals surface area (Å²) in [6.45, 7) is 0. The molecule has 2 N–H and O–H groups in total. The van der Waals surface area contributed by atoms with E-state index in [0.717, 1.165) is 5.69 Å². The van der Waals surface area contributed by atoms with E-state index in [1.54, 1.807) is 0 Å². The molecule has 0 spiro atoms. The fourth-order valence-electron chi connectivity index (χ4n) is 2.55. The molecule has 2 amide bonds. The lowest BCUT2D eigenvalue weighted by Crippen LogP contribution is -2.35. The van der Waals surface area contributed by atoms with Gasteiger partial charge in [-0.1, -0.05) is 18.2 Å². The standard InChI is InChI=1S/C19H21N3O2/c1-22(2)16-10-8-15(9-11-16)21-18(24)19(12-13-19)17(23)20-14-6-4-3-5-7-14/h3-11H,12-13H2,1-2H3,(H,20,23)(H,21,24). The Balaban J connectivity index is 1.66. The van der Waals surface area contributed by atoms with E-state index in [0.29, 0.717) is 24.2 Å². The summed E-state index contributed by atoms with van der Waals surface area (Å²) in [5.74, 6) is -0.482. The molecule has 1 fully saturated rings. The molecule has 124 valence electrons. The molecule has 0 aromatic heterocycles. The Morgan fingerprint density at radius 2 is 1.33 bits per heavy atom. The average Bonchev–Trinajstić information content (AvgIpc) is 3.38. The normalized spacial score (nSPS) is 14.6. The topological polar surface area (TPSA) is 61.4 Å². The molecule has 0 atom stereocenters. The zero-order valence-corrected chi connectivity index (χ0v) is 13.9. The molecule has 5 heteroatoms. The number of nitrogens with zero attached hydrogens (tertiary/aromatic N) is 1. The van der Waals surface area contributed by atoms with Gasteiger partial charge in [0, 0.05) is 31.2 Å². The zero-order valence-electron chi connectivity index (χ0n) is 13.9. The van der Waals surface area contributed by atoms with E-state index in [-0.39, 0.29) is 11.8 Å². The predicted octanol–water partition coefficient (Wildman–Crippen LogP) is 3.11. The summed E-state index contributed by atoms with van der Waals surface area (Å²) in [5, 5.41) is 5.69. The maximum atomic E-state index is 12.6. The van der Waals surface area contributed by atoms with Crippen LogP contribution in [0.1, 0.15) is 12.8 Å². The highest BCUT2D eigenvalue weighted by molar-refractivity contribution is 6.16. The van der Waals surface area contributed by atoms with Crippen LogP contribution < -0.4 is 15.5 Å². The van der Waals surface area contributed by atoms with Crippen LogP contribution in [0.2, 0.25) is 0 Å². The van der Waals surface area contributed by atoms with Crippen LogP contribution in [0.3, 0.4) is 0 Å². The number of amides is 2. The second-order valence-corrected chi connectivity index (χ2v) is 6.30. The molecule has 0 radical (unpaired) electrons. The van der Waals surface area contributed by atoms with Crippen molar-refractivity contribution >= 4 is 28.9 Å². The van der Waals surface area contributed by atoms with Gasteiger partial charge in [-0.2, -0.15) is 0 Å². The van der Waals surface area contributed by atoms with Crippen LogP contribution in [0.15, 0.2) is 54.6 Å². The molecule has 1 saturated carbocycles. The monoisotopic (exact) mass is 323 g/mol. The summed E-state index contributed by atoms with van der Waals surface area (Å²) in [6, 6.07) is 16.8. The van der Waals surface area contributed by atoms with Gasteiger partial charge in [-0.05, 0) is 49.2 Å². The molecule has 0 saturated heterocycles. The van der Waals surface area contributed by atoms with Crippen molar-refractivity contribution in [3.8, 4) is 0 Å². The lowest BCUT2D eigenvalue weighted by molar-refractivity contribution is -0.131. The molecule has 2 aromatic rings. The Hall–Kier alpha value is -2.82. The molecule has 0 aliphatic heterocycles. The molecule has 0 heterocycles. The van der Waals surface area contributed by atoms with Crippen molar-refractivity contribution in [1.82, 2.24) is 0 Å². The number of hydrogen-bond donors (Lipinski definition) is 2. The van der Waals surface area contributed by atoms with Gasteiger partial charge in [0.05, 0.1) is 0 Å². The lowest BCUT2D eigenvalue weighted by Gasteiger charge is -2.16. The highest BCUT2D eigenvalue weighted by Gasteiger charge is 2.56. The predicted molar refractivity (Wildman–Crippen MR) is 96.1 cm³/mol. The molecule has 5 nitrogen and oxygen atoms in total. The van der Waals surface area contributed by atoms with Gasteiger partial charge in [0.15, 0.2) is 0 Å². The van der Waals surface area contributed by atoms with Gasteiger partial charge in [-0.15, -0.1) is 0 Å². The van der Waals surface area contributed by atoms with Crippen LogP contribution in [0.4, 0.5) is 17.1 Å². The molecule has 1 aliphatic rings. The van der Waals surface area contributed by atoms with Crippen LogP contribution in [0, 0.1) is 5.41 Å². The van der Waals surface area contributed by atoms with Crippen LogP contribution in [0.5, 0.6) is 0 Å². The van der Waals surface area contributed by atoms with Gasteiger partial charge in [-0.25, -0.2) is 0 Å². The highest BCUT2D eigenvalue weighted by atomic mass is 16.2. The van der Waals surface area contributed by atoms with E-state index in [2.05, 4.69) is 10.6 Å². The number of anilines is 3. The highest BCUT2D eigenvalue weighted by Crippen LogP contribution is 2.47. The van der Waals surface area contributed by atoms with Gasteiger partial charge >= 0.3 is 0 Å². The van der Waals surface area contributed by atoms with E-state index in [9.17, 15) is 9.59 Å². The smallest absolute Gasteiger partial charge is 0.240 e. The third-order valence-corrected chi connectivity index (χ3v) is 4.29. The van der Waals surface area contributed by atoms with Crippen molar-refractivity contribution in [1.29, 1.82) is 0 Å². The number of carbonyl (C=O) groups excluding carboxylic acids is 2. The molecule has 0 unspecified atom stereocenters. The second kappa shape index (κ2) is 6.35. The summed E-state index contributed by atoms with van der Waals surface area (Å²) in [6.07, 6.45) is 1.15. The summed E-state index contributed by atoms with van der Waals surface area (Å²) in [4.78, 5) is 27.0. The number of benzene rings is 2. The maximum Gasteiger partial charge on any atom is 0.240 e. The molecule has 1 aliphatic carbocycles.